The molecule has 0 unspecified atom stereocenters. The molecule has 0 aliphatic rings. The van der Waals surface area contributed by atoms with Gasteiger partial charge in [-0.15, -0.1) is 0 Å². The summed E-state index contributed by atoms with van der Waals surface area (Å²) in [4.78, 5) is 4.64. The zero-order valence-corrected chi connectivity index (χ0v) is 17.9. The second-order valence-corrected chi connectivity index (χ2v) is 7.23. The van der Waals surface area contributed by atoms with Gasteiger partial charge in [0.05, 0.1) is 13.7 Å². The molecule has 1 heterocycles. The number of methoxy groups -OCH3 is 1. The van der Waals surface area contributed by atoms with Crippen molar-refractivity contribution in [2.24, 2.45) is 0 Å². The number of pyridine rings is 1. The van der Waals surface area contributed by atoms with Gasteiger partial charge in [-0.25, -0.2) is 0 Å². The van der Waals surface area contributed by atoms with Crippen molar-refractivity contribution in [2.45, 2.75) is 19.8 Å². The molecule has 3 aromatic carbocycles. The van der Waals surface area contributed by atoms with E-state index < -0.39 is 0 Å². The first-order chi connectivity index (χ1) is 15.8. The summed E-state index contributed by atoms with van der Waals surface area (Å²) < 4.78 is 17.4. The van der Waals surface area contributed by atoms with Gasteiger partial charge in [0.1, 0.15) is 19.0 Å². The Morgan fingerprint density at radius 1 is 0.719 bits per heavy atom. The maximum absolute atomic E-state index is 9.88. The fourth-order valence-corrected chi connectivity index (χ4v) is 3.35. The third-order valence-corrected chi connectivity index (χ3v) is 5.06. The fraction of sp³-hybridized carbons (Fsp3) is 0.148. The van der Waals surface area contributed by atoms with Crippen molar-refractivity contribution in [2.75, 3.05) is 7.11 Å². The highest BCUT2D eigenvalue weighted by atomic mass is 16.5. The lowest BCUT2D eigenvalue weighted by Gasteiger charge is -2.16. The Morgan fingerprint density at radius 2 is 1.38 bits per heavy atom. The van der Waals surface area contributed by atoms with Gasteiger partial charge in [-0.05, 0) is 40.5 Å². The van der Waals surface area contributed by atoms with E-state index in [0.29, 0.717) is 30.7 Å². The minimum atomic E-state index is -0.107. The molecule has 0 aliphatic heterocycles. The first-order valence-corrected chi connectivity index (χ1v) is 10.4. The van der Waals surface area contributed by atoms with Gasteiger partial charge in [-0.2, -0.15) is 4.98 Å². The predicted molar refractivity (Wildman–Crippen MR) is 124 cm³/mol. The zero-order chi connectivity index (χ0) is 22.2. The molecule has 0 bridgehead atoms. The van der Waals surface area contributed by atoms with Crippen LogP contribution in [0.5, 0.6) is 17.5 Å². The molecular formula is C27H25NO4. The van der Waals surface area contributed by atoms with Crippen molar-refractivity contribution in [3.63, 3.8) is 0 Å². The van der Waals surface area contributed by atoms with E-state index >= 15 is 0 Å². The van der Waals surface area contributed by atoms with Gasteiger partial charge in [-0.1, -0.05) is 66.7 Å². The lowest BCUT2D eigenvalue weighted by molar-refractivity contribution is 0.268. The quantitative estimate of drug-likeness (QED) is 0.387. The molecule has 0 amide bonds. The van der Waals surface area contributed by atoms with Gasteiger partial charge in [0.2, 0.25) is 11.8 Å². The van der Waals surface area contributed by atoms with E-state index in [4.69, 9.17) is 14.2 Å². The van der Waals surface area contributed by atoms with Crippen molar-refractivity contribution in [3.05, 3.63) is 108 Å². The summed E-state index contributed by atoms with van der Waals surface area (Å²) in [6.45, 7) is 0.664. The number of benzene rings is 3. The van der Waals surface area contributed by atoms with E-state index in [1.165, 1.54) is 0 Å². The second kappa shape index (κ2) is 10.5. The maximum atomic E-state index is 9.88. The molecule has 162 valence electrons. The smallest absolute Gasteiger partial charge is 0.225 e. The average molecular weight is 428 g/mol. The van der Waals surface area contributed by atoms with Crippen LogP contribution in [-0.4, -0.2) is 17.2 Å². The van der Waals surface area contributed by atoms with Crippen molar-refractivity contribution in [1.82, 2.24) is 4.98 Å². The topological polar surface area (TPSA) is 60.8 Å². The van der Waals surface area contributed by atoms with Gasteiger partial charge in [-0.3, -0.25) is 0 Å². The molecule has 4 aromatic rings. The summed E-state index contributed by atoms with van der Waals surface area (Å²) in [5.41, 5.74) is 4.41. The van der Waals surface area contributed by atoms with Gasteiger partial charge in [0, 0.05) is 11.6 Å². The Hall–Kier alpha value is -3.83. The Bertz CT molecular complexity index is 1150. The van der Waals surface area contributed by atoms with E-state index in [1.54, 1.807) is 7.11 Å². The van der Waals surface area contributed by atoms with E-state index in [1.807, 2.05) is 91.0 Å². The highest BCUT2D eigenvalue weighted by Gasteiger charge is 2.15. The largest absolute Gasteiger partial charge is 0.497 e. The summed E-state index contributed by atoms with van der Waals surface area (Å²) in [7, 11) is 1.61. The van der Waals surface area contributed by atoms with Gasteiger partial charge >= 0.3 is 0 Å². The van der Waals surface area contributed by atoms with E-state index in [2.05, 4.69) is 4.98 Å². The third kappa shape index (κ3) is 5.25. The van der Waals surface area contributed by atoms with Crippen molar-refractivity contribution in [1.29, 1.82) is 0 Å². The van der Waals surface area contributed by atoms with E-state index in [0.717, 1.165) is 27.8 Å². The molecule has 0 fully saturated rings. The molecule has 0 atom stereocenters. The normalized spacial score (nSPS) is 10.6. The van der Waals surface area contributed by atoms with Gasteiger partial charge < -0.3 is 19.3 Å². The first-order valence-electron chi connectivity index (χ1n) is 10.4. The molecule has 0 radical (unpaired) electrons. The summed E-state index contributed by atoms with van der Waals surface area (Å²) >= 11 is 0. The van der Waals surface area contributed by atoms with Crippen LogP contribution in [0.1, 0.15) is 16.7 Å². The minimum Gasteiger partial charge on any atom is -0.497 e. The van der Waals surface area contributed by atoms with Crippen molar-refractivity contribution >= 4 is 0 Å². The molecule has 1 aromatic heterocycles. The number of ether oxygens (including phenoxy) is 3. The summed E-state index contributed by atoms with van der Waals surface area (Å²) in [6.07, 6.45) is 0. The lowest BCUT2D eigenvalue weighted by Crippen LogP contribution is -2.03. The summed E-state index contributed by atoms with van der Waals surface area (Å²) in [5, 5.41) is 9.88. The van der Waals surface area contributed by atoms with Crippen LogP contribution < -0.4 is 14.2 Å². The lowest BCUT2D eigenvalue weighted by atomic mass is 10.0. The number of aliphatic hydroxyl groups is 1. The van der Waals surface area contributed by atoms with Crippen molar-refractivity contribution < 1.29 is 19.3 Å². The Kier molecular flexibility index (Phi) is 7.00. The Balaban J connectivity index is 1.66. The fourth-order valence-electron chi connectivity index (χ4n) is 3.35. The number of hydrogen-bond acceptors (Lipinski definition) is 5. The number of aromatic nitrogens is 1. The molecule has 0 aliphatic carbocycles. The summed E-state index contributed by atoms with van der Waals surface area (Å²) in [5.74, 6) is 1.59. The predicted octanol–water partition coefficient (Wildman–Crippen LogP) is 5.41. The van der Waals surface area contributed by atoms with Crippen LogP contribution in [0, 0.1) is 0 Å². The SMILES string of the molecule is COc1ccc(CO)c(-c2ccc(OCc3ccccc3)nc2OCc2ccccc2)c1. The standard InChI is InChI=1S/C27H25NO4/c1-30-23-13-12-22(17-29)25(16-23)24-14-15-26(31-18-20-8-4-2-5-9-20)28-27(24)32-19-21-10-6-3-7-11-21/h2-16,29H,17-19H2,1H3. The van der Waals surface area contributed by atoms with Crippen LogP contribution in [0.15, 0.2) is 91.0 Å². The second-order valence-electron chi connectivity index (χ2n) is 7.23. The molecule has 5 heteroatoms. The van der Waals surface area contributed by atoms with E-state index in [9.17, 15) is 5.11 Å². The molecule has 5 nitrogen and oxygen atoms in total. The minimum absolute atomic E-state index is 0.107. The van der Waals surface area contributed by atoms with Crippen LogP contribution in [0.25, 0.3) is 11.1 Å². The molecule has 4 rings (SSSR count). The van der Waals surface area contributed by atoms with Crippen LogP contribution in [0.3, 0.4) is 0 Å². The van der Waals surface area contributed by atoms with Crippen LogP contribution in [0.2, 0.25) is 0 Å². The molecule has 1 N–H and O–H groups in total. The van der Waals surface area contributed by atoms with Gasteiger partial charge in [0.25, 0.3) is 0 Å². The summed E-state index contributed by atoms with van der Waals surface area (Å²) in [6, 6.07) is 29.1. The maximum Gasteiger partial charge on any atom is 0.225 e. The monoisotopic (exact) mass is 427 g/mol. The van der Waals surface area contributed by atoms with E-state index in [-0.39, 0.29) is 6.61 Å². The molecule has 0 saturated heterocycles. The average Bonchev–Trinajstić information content (AvgIpc) is 2.87. The molecule has 32 heavy (non-hydrogen) atoms. The Morgan fingerprint density at radius 3 is 2.00 bits per heavy atom. The highest BCUT2D eigenvalue weighted by Crippen LogP contribution is 2.35. The Labute approximate surface area is 187 Å². The molecular weight excluding hydrogens is 402 g/mol. The number of hydrogen-bond donors (Lipinski definition) is 1. The first kappa shape index (κ1) is 21.4. The highest BCUT2D eigenvalue weighted by molar-refractivity contribution is 5.73. The third-order valence-electron chi connectivity index (χ3n) is 5.06. The van der Waals surface area contributed by atoms with Crippen LogP contribution >= 0.6 is 0 Å². The van der Waals surface area contributed by atoms with Crippen molar-refractivity contribution in [3.8, 4) is 28.6 Å². The van der Waals surface area contributed by atoms with Gasteiger partial charge in [0.15, 0.2) is 0 Å². The van der Waals surface area contributed by atoms with Crippen LogP contribution in [0.4, 0.5) is 0 Å². The number of nitrogens with zero attached hydrogens (tertiary/aromatic N) is 1. The number of aliphatic hydroxyl groups excluding tert-OH is 1. The van der Waals surface area contributed by atoms with Crippen LogP contribution in [-0.2, 0) is 19.8 Å². The molecule has 0 spiro atoms. The number of rotatable bonds is 9. The zero-order valence-electron chi connectivity index (χ0n) is 17.9. The molecule has 0 saturated carbocycles.